The quantitative estimate of drug-likeness (QED) is 0.706. The Hall–Kier alpha value is -2.42. The Morgan fingerprint density at radius 1 is 1.06 bits per heavy atom. The number of hydrogen-bond acceptors (Lipinski definition) is 2. The van der Waals surface area contributed by atoms with Crippen molar-refractivity contribution >= 4 is 10.9 Å². The maximum atomic E-state index is 11.0. The van der Waals surface area contributed by atoms with E-state index in [1.54, 1.807) is 12.3 Å². The fourth-order valence-corrected chi connectivity index (χ4v) is 2.00. The highest BCUT2D eigenvalue weighted by molar-refractivity contribution is 5.83. The van der Waals surface area contributed by atoms with Crippen LogP contribution in [0.1, 0.15) is 5.56 Å². The van der Waals surface area contributed by atoms with Gasteiger partial charge in [-0.2, -0.15) is 0 Å². The van der Waals surface area contributed by atoms with Crippen LogP contribution in [0, 0.1) is 6.92 Å². The molecule has 3 nitrogen and oxygen atoms in total. The smallest absolute Gasteiger partial charge is 0.247 e. The average molecular weight is 236 g/mol. The highest BCUT2D eigenvalue weighted by Gasteiger charge is 2.01. The Bertz CT molecular complexity index is 754. The van der Waals surface area contributed by atoms with Gasteiger partial charge < -0.3 is 4.98 Å². The minimum atomic E-state index is -0.0941. The van der Waals surface area contributed by atoms with Crippen LogP contribution in [-0.4, -0.2) is 9.97 Å². The highest BCUT2D eigenvalue weighted by atomic mass is 16.1. The third-order valence-corrected chi connectivity index (χ3v) is 2.95. The molecule has 0 atom stereocenters. The van der Waals surface area contributed by atoms with Crippen molar-refractivity contribution in [3.63, 3.8) is 0 Å². The summed E-state index contributed by atoms with van der Waals surface area (Å²) in [5.74, 6) is 0. The number of aryl methyl sites for hydroxylation is 1. The predicted octanol–water partition coefficient (Wildman–Crippen LogP) is 2.90. The number of aromatic amines is 1. The Morgan fingerprint density at radius 3 is 2.72 bits per heavy atom. The van der Waals surface area contributed by atoms with Gasteiger partial charge in [-0.1, -0.05) is 11.6 Å². The molecule has 0 aliphatic rings. The summed E-state index contributed by atoms with van der Waals surface area (Å²) < 4.78 is 0. The van der Waals surface area contributed by atoms with E-state index in [4.69, 9.17) is 0 Å². The van der Waals surface area contributed by atoms with Gasteiger partial charge in [-0.3, -0.25) is 9.78 Å². The first kappa shape index (κ1) is 10.7. The van der Waals surface area contributed by atoms with Crippen molar-refractivity contribution in [1.82, 2.24) is 9.97 Å². The molecule has 3 aromatic rings. The number of rotatable bonds is 1. The minimum absolute atomic E-state index is 0.0941. The lowest BCUT2D eigenvalue weighted by Gasteiger charge is -2.03. The molecule has 18 heavy (non-hydrogen) atoms. The fraction of sp³-hybridized carbons (Fsp3) is 0.0667. The monoisotopic (exact) mass is 236 g/mol. The third-order valence-electron chi connectivity index (χ3n) is 2.95. The van der Waals surface area contributed by atoms with Crippen molar-refractivity contribution in [2.45, 2.75) is 6.92 Å². The number of aromatic nitrogens is 2. The van der Waals surface area contributed by atoms with Crippen LogP contribution in [0.15, 0.2) is 53.6 Å². The van der Waals surface area contributed by atoms with Gasteiger partial charge in [0.25, 0.3) is 0 Å². The van der Waals surface area contributed by atoms with Crippen molar-refractivity contribution in [2.75, 3.05) is 0 Å². The lowest BCUT2D eigenvalue weighted by molar-refractivity contribution is 1.24. The first-order chi connectivity index (χ1) is 8.72. The van der Waals surface area contributed by atoms with E-state index in [-0.39, 0.29) is 5.56 Å². The zero-order valence-electron chi connectivity index (χ0n) is 9.97. The molecule has 0 spiro atoms. The molecule has 0 aliphatic carbocycles. The fourth-order valence-electron chi connectivity index (χ4n) is 2.00. The molecule has 3 rings (SSSR count). The molecule has 0 amide bonds. The maximum Gasteiger partial charge on any atom is 0.247 e. The summed E-state index contributed by atoms with van der Waals surface area (Å²) in [6.45, 7) is 2.06. The average Bonchev–Trinajstić information content (AvgIpc) is 2.38. The SMILES string of the molecule is Cc1ccc2ncc(-c3ccc(=O)[nH]c3)cc2c1. The van der Waals surface area contributed by atoms with Crippen molar-refractivity contribution in [3.8, 4) is 11.1 Å². The Kier molecular flexibility index (Phi) is 2.45. The lowest BCUT2D eigenvalue weighted by atomic mass is 10.1. The number of nitrogens with one attached hydrogen (secondary N) is 1. The Labute approximate surface area is 104 Å². The first-order valence-corrected chi connectivity index (χ1v) is 5.78. The number of hydrogen-bond donors (Lipinski definition) is 1. The molecule has 1 aromatic carbocycles. The lowest BCUT2D eigenvalue weighted by Crippen LogP contribution is -2.01. The Balaban J connectivity index is 2.18. The number of benzene rings is 1. The van der Waals surface area contributed by atoms with Gasteiger partial charge in [-0.25, -0.2) is 0 Å². The summed E-state index contributed by atoms with van der Waals surface area (Å²) in [5, 5.41) is 1.11. The van der Waals surface area contributed by atoms with E-state index in [1.165, 1.54) is 11.6 Å². The molecule has 0 unspecified atom stereocenters. The van der Waals surface area contributed by atoms with Crippen molar-refractivity contribution in [1.29, 1.82) is 0 Å². The van der Waals surface area contributed by atoms with E-state index < -0.39 is 0 Å². The summed E-state index contributed by atoms with van der Waals surface area (Å²) in [4.78, 5) is 18.1. The van der Waals surface area contributed by atoms with Gasteiger partial charge in [0.15, 0.2) is 0 Å². The van der Waals surface area contributed by atoms with Crippen LogP contribution < -0.4 is 5.56 Å². The largest absolute Gasteiger partial charge is 0.328 e. The van der Waals surface area contributed by atoms with Crippen LogP contribution in [-0.2, 0) is 0 Å². The van der Waals surface area contributed by atoms with Crippen LogP contribution in [0.25, 0.3) is 22.0 Å². The zero-order valence-corrected chi connectivity index (χ0v) is 9.97. The molecule has 2 heterocycles. The molecule has 0 bridgehead atoms. The van der Waals surface area contributed by atoms with Gasteiger partial charge in [0, 0.05) is 29.4 Å². The summed E-state index contributed by atoms with van der Waals surface area (Å²) in [6.07, 6.45) is 3.53. The molecule has 0 radical (unpaired) electrons. The van der Waals surface area contributed by atoms with Crippen LogP contribution in [0.4, 0.5) is 0 Å². The topological polar surface area (TPSA) is 45.8 Å². The molecule has 1 N–H and O–H groups in total. The second kappa shape index (κ2) is 4.11. The molecule has 0 saturated heterocycles. The number of pyridine rings is 2. The maximum absolute atomic E-state index is 11.0. The summed E-state index contributed by atoms with van der Waals surface area (Å²) >= 11 is 0. The minimum Gasteiger partial charge on any atom is -0.328 e. The van der Waals surface area contributed by atoms with Crippen LogP contribution in [0.5, 0.6) is 0 Å². The van der Waals surface area contributed by atoms with Crippen molar-refractivity contribution in [2.24, 2.45) is 0 Å². The van der Waals surface area contributed by atoms with Crippen molar-refractivity contribution < 1.29 is 0 Å². The van der Waals surface area contributed by atoms with Gasteiger partial charge in [0.2, 0.25) is 5.56 Å². The van der Waals surface area contributed by atoms with E-state index in [9.17, 15) is 4.79 Å². The van der Waals surface area contributed by atoms with Crippen LogP contribution >= 0.6 is 0 Å². The van der Waals surface area contributed by atoms with Gasteiger partial charge in [-0.05, 0) is 36.8 Å². The van der Waals surface area contributed by atoms with Gasteiger partial charge in [-0.15, -0.1) is 0 Å². The van der Waals surface area contributed by atoms with E-state index in [2.05, 4.69) is 35.1 Å². The molecule has 2 aromatic heterocycles. The predicted molar refractivity (Wildman–Crippen MR) is 72.5 cm³/mol. The molecule has 0 aliphatic heterocycles. The van der Waals surface area contributed by atoms with Gasteiger partial charge in [0.05, 0.1) is 5.52 Å². The van der Waals surface area contributed by atoms with Crippen LogP contribution in [0.3, 0.4) is 0 Å². The third kappa shape index (κ3) is 1.91. The van der Waals surface area contributed by atoms with E-state index >= 15 is 0 Å². The van der Waals surface area contributed by atoms with E-state index in [1.807, 2.05) is 12.3 Å². The second-order valence-electron chi connectivity index (χ2n) is 4.36. The molecule has 3 heteroatoms. The van der Waals surface area contributed by atoms with Crippen LogP contribution in [0.2, 0.25) is 0 Å². The second-order valence-corrected chi connectivity index (χ2v) is 4.36. The number of H-pyrrole nitrogens is 1. The van der Waals surface area contributed by atoms with E-state index in [0.29, 0.717) is 0 Å². The van der Waals surface area contributed by atoms with Gasteiger partial charge in [0.1, 0.15) is 0 Å². The molecule has 0 saturated carbocycles. The summed E-state index contributed by atoms with van der Waals surface area (Å²) in [6, 6.07) is 11.6. The van der Waals surface area contributed by atoms with Crippen molar-refractivity contribution in [3.05, 3.63) is 64.7 Å². The van der Waals surface area contributed by atoms with Gasteiger partial charge >= 0.3 is 0 Å². The summed E-state index contributed by atoms with van der Waals surface area (Å²) in [7, 11) is 0. The zero-order chi connectivity index (χ0) is 12.5. The molecule has 88 valence electrons. The standard InChI is InChI=1S/C15H12N2O/c1-10-2-4-14-12(6-10)7-13(9-16-14)11-3-5-15(18)17-8-11/h2-9H,1H3,(H,17,18). The number of fused-ring (bicyclic) bond motifs is 1. The first-order valence-electron chi connectivity index (χ1n) is 5.78. The van der Waals surface area contributed by atoms with E-state index in [0.717, 1.165) is 22.0 Å². The molecular formula is C15H12N2O. The molecular weight excluding hydrogens is 224 g/mol. The molecule has 0 fully saturated rings. The number of nitrogens with zero attached hydrogens (tertiary/aromatic N) is 1. The normalized spacial score (nSPS) is 10.7. The summed E-state index contributed by atoms with van der Waals surface area (Å²) in [5.41, 5.74) is 4.06. The Morgan fingerprint density at radius 2 is 1.94 bits per heavy atom. The highest BCUT2D eigenvalue weighted by Crippen LogP contribution is 2.22.